The maximum absolute atomic E-state index is 5.98. The molecule has 0 fully saturated rings. The predicted molar refractivity (Wildman–Crippen MR) is 112 cm³/mol. The van der Waals surface area contributed by atoms with E-state index in [4.69, 9.17) is 16.3 Å². The molecule has 2 rings (SSSR count). The molecule has 0 saturated heterocycles. The Hall–Kier alpha value is -1.06. The highest BCUT2D eigenvalue weighted by Crippen LogP contribution is 2.22. The van der Waals surface area contributed by atoms with Crippen LogP contribution in [0, 0.1) is 0 Å². The monoisotopic (exact) mass is 480 g/mol. The molecule has 24 heavy (non-hydrogen) atoms. The maximum Gasteiger partial charge on any atom is 0.194 e. The third kappa shape index (κ3) is 7.23. The van der Waals surface area contributed by atoms with E-state index in [0.717, 1.165) is 29.1 Å². The van der Waals surface area contributed by atoms with Gasteiger partial charge in [0, 0.05) is 24.7 Å². The van der Waals surface area contributed by atoms with Crippen molar-refractivity contribution in [3.05, 3.63) is 45.9 Å². The summed E-state index contributed by atoms with van der Waals surface area (Å²) >= 11 is 7.56. The maximum atomic E-state index is 5.98. The van der Waals surface area contributed by atoms with E-state index in [0.29, 0.717) is 13.2 Å². The standard InChI is InChI=1S/C16H21ClN4OS.HI/c1-3-19-16(21(2)12-14-6-7-15(17)23-14)20-9-10-22-13-5-4-8-18-11-13;/h4-8,11H,3,9-10,12H2,1-2H3,(H,19,20);1H. The van der Waals surface area contributed by atoms with Crippen LogP contribution in [0.15, 0.2) is 41.7 Å². The van der Waals surface area contributed by atoms with Crippen molar-refractivity contribution < 1.29 is 4.74 Å². The lowest BCUT2D eigenvalue weighted by atomic mass is 10.4. The van der Waals surface area contributed by atoms with Gasteiger partial charge in [-0.2, -0.15) is 0 Å². The lowest BCUT2D eigenvalue weighted by Crippen LogP contribution is -2.38. The molecule has 0 aromatic carbocycles. The SMILES string of the molecule is CCNC(=NCCOc1cccnc1)N(C)Cc1ccc(Cl)s1.I. The molecule has 0 spiro atoms. The first-order chi connectivity index (χ1) is 11.2. The van der Waals surface area contributed by atoms with E-state index in [9.17, 15) is 0 Å². The molecule has 2 aromatic rings. The minimum absolute atomic E-state index is 0. The van der Waals surface area contributed by atoms with E-state index in [1.54, 1.807) is 23.7 Å². The molecule has 1 N–H and O–H groups in total. The quantitative estimate of drug-likeness (QED) is 0.283. The Morgan fingerprint density at radius 3 is 2.88 bits per heavy atom. The average molecular weight is 481 g/mol. The molecule has 2 aromatic heterocycles. The van der Waals surface area contributed by atoms with Crippen LogP contribution in [0.5, 0.6) is 5.75 Å². The second-order valence-corrected chi connectivity index (χ2v) is 6.63. The van der Waals surface area contributed by atoms with E-state index in [1.807, 2.05) is 31.3 Å². The number of aliphatic imine (C=N–C) groups is 1. The lowest BCUT2D eigenvalue weighted by Gasteiger charge is -2.21. The highest BCUT2D eigenvalue weighted by Gasteiger charge is 2.08. The second kappa shape index (κ2) is 11.5. The van der Waals surface area contributed by atoms with Gasteiger partial charge in [0.05, 0.1) is 23.6 Å². The minimum Gasteiger partial charge on any atom is -0.490 e. The van der Waals surface area contributed by atoms with Crippen LogP contribution in [0.3, 0.4) is 0 Å². The number of pyridine rings is 1. The van der Waals surface area contributed by atoms with Crippen LogP contribution in [0.25, 0.3) is 0 Å². The molecule has 0 aliphatic carbocycles. The van der Waals surface area contributed by atoms with Crippen LogP contribution in [-0.4, -0.2) is 42.6 Å². The number of thiophene rings is 1. The fourth-order valence-electron chi connectivity index (χ4n) is 1.96. The zero-order chi connectivity index (χ0) is 16.5. The zero-order valence-corrected chi connectivity index (χ0v) is 17.6. The summed E-state index contributed by atoms with van der Waals surface area (Å²) < 4.78 is 6.41. The van der Waals surface area contributed by atoms with Gasteiger partial charge in [-0.1, -0.05) is 11.6 Å². The van der Waals surface area contributed by atoms with Gasteiger partial charge < -0.3 is 15.0 Å². The van der Waals surface area contributed by atoms with Crippen molar-refractivity contribution in [3.63, 3.8) is 0 Å². The first-order valence-electron chi connectivity index (χ1n) is 7.45. The molecular formula is C16H22ClIN4OS. The van der Waals surface area contributed by atoms with Gasteiger partial charge in [-0.25, -0.2) is 4.99 Å². The molecule has 0 unspecified atom stereocenters. The number of hydrogen-bond donors (Lipinski definition) is 1. The molecule has 5 nitrogen and oxygen atoms in total. The zero-order valence-electron chi connectivity index (χ0n) is 13.7. The Kier molecular flexibility index (Phi) is 10.0. The number of nitrogens with zero attached hydrogens (tertiary/aromatic N) is 3. The number of halogens is 2. The normalized spacial score (nSPS) is 10.9. The summed E-state index contributed by atoms with van der Waals surface area (Å²) in [6.07, 6.45) is 3.42. The van der Waals surface area contributed by atoms with Crippen molar-refractivity contribution >= 4 is 52.9 Å². The van der Waals surface area contributed by atoms with Gasteiger partial charge in [-0.05, 0) is 31.2 Å². The summed E-state index contributed by atoms with van der Waals surface area (Å²) in [6, 6.07) is 7.69. The summed E-state index contributed by atoms with van der Waals surface area (Å²) in [4.78, 5) is 11.9. The summed E-state index contributed by atoms with van der Waals surface area (Å²) in [6.45, 7) is 4.73. The van der Waals surface area contributed by atoms with Gasteiger partial charge in [0.1, 0.15) is 12.4 Å². The van der Waals surface area contributed by atoms with Crippen LogP contribution in [-0.2, 0) is 6.54 Å². The number of nitrogens with one attached hydrogen (secondary N) is 1. The molecule has 0 atom stereocenters. The van der Waals surface area contributed by atoms with Crippen molar-refractivity contribution in [3.8, 4) is 5.75 Å². The fraction of sp³-hybridized carbons (Fsp3) is 0.375. The van der Waals surface area contributed by atoms with Gasteiger partial charge in [0.2, 0.25) is 0 Å². The Morgan fingerprint density at radius 2 is 2.25 bits per heavy atom. The highest BCUT2D eigenvalue weighted by atomic mass is 127. The number of hydrogen-bond acceptors (Lipinski definition) is 4. The molecule has 132 valence electrons. The van der Waals surface area contributed by atoms with Crippen LogP contribution >= 0.6 is 46.9 Å². The van der Waals surface area contributed by atoms with Gasteiger partial charge in [-0.3, -0.25) is 4.98 Å². The summed E-state index contributed by atoms with van der Waals surface area (Å²) in [7, 11) is 2.01. The van der Waals surface area contributed by atoms with E-state index in [1.165, 1.54) is 4.88 Å². The van der Waals surface area contributed by atoms with Crippen LogP contribution in [0.4, 0.5) is 0 Å². The minimum atomic E-state index is 0. The Morgan fingerprint density at radius 1 is 1.42 bits per heavy atom. The lowest BCUT2D eigenvalue weighted by molar-refractivity contribution is 0.326. The van der Waals surface area contributed by atoms with Gasteiger partial charge >= 0.3 is 0 Å². The summed E-state index contributed by atoms with van der Waals surface area (Å²) in [5.74, 6) is 1.61. The van der Waals surface area contributed by atoms with Crippen LogP contribution in [0.2, 0.25) is 4.34 Å². The topological polar surface area (TPSA) is 49.8 Å². The Balaban J connectivity index is 0.00000288. The number of ether oxygens (including phenoxy) is 1. The number of guanidine groups is 1. The van der Waals surface area contributed by atoms with E-state index >= 15 is 0 Å². The molecule has 0 bridgehead atoms. The van der Waals surface area contributed by atoms with E-state index < -0.39 is 0 Å². The molecule has 0 amide bonds. The third-order valence-electron chi connectivity index (χ3n) is 2.97. The highest BCUT2D eigenvalue weighted by molar-refractivity contribution is 14.0. The molecule has 0 radical (unpaired) electrons. The number of rotatable bonds is 7. The predicted octanol–water partition coefficient (Wildman–Crippen LogP) is 3.89. The largest absolute Gasteiger partial charge is 0.490 e. The van der Waals surface area contributed by atoms with Gasteiger partial charge in [0.15, 0.2) is 5.96 Å². The Bertz CT molecular complexity index is 624. The van der Waals surface area contributed by atoms with Crippen LogP contribution < -0.4 is 10.1 Å². The average Bonchev–Trinajstić information content (AvgIpc) is 2.96. The molecule has 0 saturated carbocycles. The van der Waals surface area contributed by atoms with Crippen molar-refractivity contribution in [2.75, 3.05) is 26.7 Å². The summed E-state index contributed by atoms with van der Waals surface area (Å²) in [5.41, 5.74) is 0. The summed E-state index contributed by atoms with van der Waals surface area (Å²) in [5, 5.41) is 3.29. The Labute approximate surface area is 169 Å². The molecule has 8 heteroatoms. The third-order valence-corrected chi connectivity index (χ3v) is 4.19. The smallest absolute Gasteiger partial charge is 0.194 e. The molecule has 0 aliphatic heterocycles. The van der Waals surface area contributed by atoms with Crippen LogP contribution in [0.1, 0.15) is 11.8 Å². The van der Waals surface area contributed by atoms with Crippen molar-refractivity contribution in [1.82, 2.24) is 15.2 Å². The first-order valence-corrected chi connectivity index (χ1v) is 8.65. The molecular weight excluding hydrogens is 459 g/mol. The van der Waals surface area contributed by atoms with E-state index in [-0.39, 0.29) is 24.0 Å². The van der Waals surface area contributed by atoms with Gasteiger partial charge in [0.25, 0.3) is 0 Å². The first kappa shape index (κ1) is 21.0. The van der Waals surface area contributed by atoms with E-state index in [2.05, 4.69) is 27.1 Å². The van der Waals surface area contributed by atoms with Gasteiger partial charge in [-0.15, -0.1) is 35.3 Å². The molecule has 0 aliphatic rings. The molecule has 2 heterocycles. The van der Waals surface area contributed by atoms with Crippen molar-refractivity contribution in [2.45, 2.75) is 13.5 Å². The van der Waals surface area contributed by atoms with Crippen molar-refractivity contribution in [2.24, 2.45) is 4.99 Å². The second-order valence-electron chi connectivity index (χ2n) is 4.83. The van der Waals surface area contributed by atoms with Crippen molar-refractivity contribution in [1.29, 1.82) is 0 Å². The number of aromatic nitrogens is 1. The fourth-order valence-corrected chi connectivity index (χ4v) is 3.10.